The molecule has 34 valence electrons. The van der Waals surface area contributed by atoms with Crippen LogP contribution in [-0.4, -0.2) is 55.8 Å². The zero-order valence-electron chi connectivity index (χ0n) is 1.79. The molecule has 0 heterocycles. The Balaban J connectivity index is -0.00000000167. The fourth-order valence-corrected chi connectivity index (χ4v) is 0. The normalized spacial score (nSPS) is 1.20. The molecule has 5 heavy (non-hydrogen) atoms. The van der Waals surface area contributed by atoms with Crippen LogP contribution in [-0.2, 0) is 47.8 Å². The summed E-state index contributed by atoms with van der Waals surface area (Å²) in [6, 6.07) is 0. The monoisotopic (exact) mass is 448 g/mol. The van der Waals surface area contributed by atoms with Gasteiger partial charge in [0.05, 0.1) is 0 Å². The van der Waals surface area contributed by atoms with E-state index in [0.29, 0.717) is 0 Å². The first-order chi connectivity index (χ1) is 1.00. The van der Waals surface area contributed by atoms with Gasteiger partial charge in [-0.3, -0.25) is 0 Å². The third-order valence-electron chi connectivity index (χ3n) is 0. The van der Waals surface area contributed by atoms with Crippen molar-refractivity contribution in [2.45, 2.75) is 0 Å². The second kappa shape index (κ2) is 25.6. The predicted octanol–water partition coefficient (Wildman–Crippen LogP) is -1.84. The SMILES string of the molecule is [BiH3].[Fe].[NaH].[Ni][Mo]. The van der Waals surface area contributed by atoms with Crippen molar-refractivity contribution in [2.24, 2.45) is 0 Å². The Bertz CT molecular complexity index is 11.6. The maximum atomic E-state index is 3.88. The Morgan fingerprint density at radius 3 is 1.20 bits per heavy atom. The molecule has 0 aliphatic heterocycles. The van der Waals surface area contributed by atoms with Gasteiger partial charge in [0.2, 0.25) is 0 Å². The van der Waals surface area contributed by atoms with Crippen LogP contribution in [0.2, 0.25) is 0 Å². The zero-order chi connectivity index (χ0) is 2.00. The molecule has 0 saturated heterocycles. The van der Waals surface area contributed by atoms with Gasteiger partial charge in [0.15, 0.2) is 0 Å². The van der Waals surface area contributed by atoms with Crippen LogP contribution >= 0.6 is 0 Å². The minimum absolute atomic E-state index is 0. The molecule has 0 radical (unpaired) electrons. The van der Waals surface area contributed by atoms with Gasteiger partial charge in [-0.2, -0.15) is 0 Å². The minimum atomic E-state index is 0. The Kier molecular flexibility index (Phi) is 120. The topological polar surface area (TPSA) is 0 Å². The fourth-order valence-electron chi connectivity index (χ4n) is 0. The van der Waals surface area contributed by atoms with Gasteiger partial charge in [-0.05, 0) is 0 Å². The summed E-state index contributed by atoms with van der Waals surface area (Å²) in [5, 5.41) is 0. The van der Waals surface area contributed by atoms with E-state index in [0.717, 1.165) is 0 Å². The first-order valence-corrected chi connectivity index (χ1v) is 3.15. The van der Waals surface area contributed by atoms with E-state index in [1.165, 1.54) is 0 Å². The van der Waals surface area contributed by atoms with Crippen LogP contribution in [0.1, 0.15) is 0 Å². The summed E-state index contributed by atoms with van der Waals surface area (Å²) in [6.07, 6.45) is 0. The van der Waals surface area contributed by atoms with E-state index in [9.17, 15) is 0 Å². The third-order valence-corrected chi connectivity index (χ3v) is 0. The third kappa shape index (κ3) is 18.4. The summed E-state index contributed by atoms with van der Waals surface area (Å²) in [7, 11) is 0. The summed E-state index contributed by atoms with van der Waals surface area (Å²) >= 11 is 5.46. The van der Waals surface area contributed by atoms with Gasteiger partial charge in [-0.15, -0.1) is 0 Å². The van der Waals surface area contributed by atoms with Crippen LogP contribution in [0.5, 0.6) is 0 Å². The van der Waals surface area contributed by atoms with E-state index >= 15 is 0 Å². The summed E-state index contributed by atoms with van der Waals surface area (Å²) in [5.74, 6) is 0. The van der Waals surface area contributed by atoms with Crippen molar-refractivity contribution in [3.8, 4) is 0 Å². The van der Waals surface area contributed by atoms with Gasteiger partial charge in [-0.1, -0.05) is 0 Å². The van der Waals surface area contributed by atoms with Crippen LogP contribution in [0.4, 0.5) is 0 Å². The van der Waals surface area contributed by atoms with Gasteiger partial charge in [0.1, 0.15) is 0 Å². The zero-order valence-corrected chi connectivity index (χ0v) is 11.4. The molecule has 0 fully saturated rings. The molecule has 0 aromatic carbocycles. The Morgan fingerprint density at radius 2 is 1.20 bits per heavy atom. The molecule has 0 atom stereocenters. The van der Waals surface area contributed by atoms with Crippen molar-refractivity contribution in [2.75, 3.05) is 0 Å². The van der Waals surface area contributed by atoms with Crippen LogP contribution < -0.4 is 0 Å². The standard InChI is InChI=1S/Bi.Fe.Mo.Na.Ni.4H. The van der Waals surface area contributed by atoms with E-state index in [4.69, 9.17) is 0 Å². The van der Waals surface area contributed by atoms with Crippen LogP contribution in [0.25, 0.3) is 0 Å². The van der Waals surface area contributed by atoms with Gasteiger partial charge in [-0.25, -0.2) is 0 Å². The summed E-state index contributed by atoms with van der Waals surface area (Å²) < 4.78 is 0. The molecule has 0 unspecified atom stereocenters. The molecule has 0 amide bonds. The van der Waals surface area contributed by atoms with Crippen molar-refractivity contribution in [1.29, 1.82) is 0 Å². The van der Waals surface area contributed by atoms with E-state index in [1.807, 2.05) is 0 Å². The quantitative estimate of drug-likeness (QED) is 0.384. The van der Waals surface area contributed by atoms with Crippen LogP contribution in [0.15, 0.2) is 0 Å². The first kappa shape index (κ1) is 23.5. The Hall–Kier alpha value is 3.58. The molecule has 5 heteroatoms. The Morgan fingerprint density at radius 1 is 1.20 bits per heavy atom. The van der Waals surface area contributed by atoms with Gasteiger partial charge >= 0.3 is 86.5 Å². The molecule has 0 saturated carbocycles. The average molecular weight is 446 g/mol. The molecular formula is H4BiFeMoNaNi. The Labute approximate surface area is 101 Å². The van der Waals surface area contributed by atoms with Crippen LogP contribution in [0.3, 0.4) is 0 Å². The molecule has 0 bridgehead atoms. The molecule has 0 N–H and O–H groups in total. The molecule has 0 aromatic rings. The van der Waals surface area contributed by atoms with E-state index in [1.54, 1.807) is 17.9 Å². The van der Waals surface area contributed by atoms with Gasteiger partial charge < -0.3 is 0 Å². The molecule has 0 spiro atoms. The number of hydrogen-bond donors (Lipinski definition) is 0. The molecule has 0 aliphatic carbocycles. The number of hydrogen-bond acceptors (Lipinski definition) is 0. The second-order valence-corrected chi connectivity index (χ2v) is 0. The fraction of sp³-hybridized carbons (Fsp3) is 0. The van der Waals surface area contributed by atoms with E-state index < -0.39 is 0 Å². The van der Waals surface area contributed by atoms with Crippen LogP contribution in [0, 0.1) is 0 Å². The summed E-state index contributed by atoms with van der Waals surface area (Å²) in [5.41, 5.74) is 0. The van der Waals surface area contributed by atoms with Crippen molar-refractivity contribution in [1.82, 2.24) is 0 Å². The van der Waals surface area contributed by atoms with E-state index in [2.05, 4.69) is 12.9 Å². The van der Waals surface area contributed by atoms with Gasteiger partial charge in [0.25, 0.3) is 0 Å². The number of rotatable bonds is 0. The molecule has 0 nitrogen and oxygen atoms in total. The molecule has 0 aromatic heterocycles. The summed E-state index contributed by atoms with van der Waals surface area (Å²) in [6.45, 7) is 0. The molecule has 0 aliphatic rings. The van der Waals surface area contributed by atoms with Crippen molar-refractivity contribution in [3.63, 3.8) is 0 Å². The van der Waals surface area contributed by atoms with Crippen molar-refractivity contribution >= 4 is 55.8 Å². The van der Waals surface area contributed by atoms with E-state index in [-0.39, 0.29) is 72.8 Å². The van der Waals surface area contributed by atoms with Crippen molar-refractivity contribution in [3.05, 3.63) is 0 Å². The maximum absolute atomic E-state index is 3.88. The molecule has 0 rings (SSSR count). The second-order valence-electron chi connectivity index (χ2n) is 0. The summed E-state index contributed by atoms with van der Waals surface area (Å²) in [4.78, 5) is 0. The molecular weight excluding hydrogens is 442 g/mol. The van der Waals surface area contributed by atoms with Crippen molar-refractivity contribution < 1.29 is 47.8 Å². The average Bonchev–Trinajstić information content (AvgIpc) is 1.00. The first-order valence-electron chi connectivity index (χ1n) is 0.129. The predicted molar refractivity (Wildman–Crippen MR) is 17.1 cm³/mol. The van der Waals surface area contributed by atoms with Gasteiger partial charge in [0, 0.05) is 17.1 Å².